The number of ether oxygens (including phenoxy) is 1. The number of hydrogen-bond donors (Lipinski definition) is 2. The summed E-state index contributed by atoms with van der Waals surface area (Å²) in [6, 6.07) is 14.8. The van der Waals surface area contributed by atoms with Crippen molar-refractivity contribution in [3.8, 4) is 22.9 Å². The number of rotatable bonds is 6. The zero-order valence-corrected chi connectivity index (χ0v) is 23.5. The fourth-order valence-electron chi connectivity index (χ4n) is 4.55. The molecule has 0 unspecified atom stereocenters. The van der Waals surface area contributed by atoms with Gasteiger partial charge in [0.05, 0.1) is 30.5 Å². The smallest absolute Gasteiger partial charge is 0.321 e. The standard InChI is InChI=1S/C29H30F2N4O5S/c1-18-15-35(19(2)17-36)41(38,39)28-10-7-22(21-6-4-5-20(11-21)14-32)12-26(28)40-27(18)16-34(3)29(37)33-25-13-23(30)8-9-24(25)31/h4-13,18-19,27,36H,15-17H2,1-3H3,(H,33,37)/t18-,19-,27+/m1/s1. The van der Waals surface area contributed by atoms with Crippen LogP contribution in [-0.4, -0.2) is 67.7 Å². The predicted octanol–water partition coefficient (Wildman–Crippen LogP) is 4.44. The van der Waals surface area contributed by atoms with Gasteiger partial charge in [-0.1, -0.05) is 25.1 Å². The molecule has 3 aromatic rings. The van der Waals surface area contributed by atoms with E-state index in [1.54, 1.807) is 50.2 Å². The first-order chi connectivity index (χ1) is 19.4. The fourth-order valence-corrected chi connectivity index (χ4v) is 6.37. The molecule has 41 heavy (non-hydrogen) atoms. The van der Waals surface area contributed by atoms with Crippen molar-refractivity contribution < 1.29 is 31.8 Å². The van der Waals surface area contributed by atoms with Crippen LogP contribution in [0.1, 0.15) is 19.4 Å². The van der Waals surface area contributed by atoms with E-state index in [9.17, 15) is 32.4 Å². The number of urea groups is 1. The first kappa shape index (κ1) is 29.9. The fraction of sp³-hybridized carbons (Fsp3) is 0.310. The first-order valence-electron chi connectivity index (χ1n) is 12.9. The Morgan fingerprint density at radius 2 is 1.93 bits per heavy atom. The lowest BCUT2D eigenvalue weighted by Crippen LogP contribution is -2.50. The second-order valence-corrected chi connectivity index (χ2v) is 11.9. The molecule has 1 aliphatic heterocycles. The third kappa shape index (κ3) is 6.48. The van der Waals surface area contributed by atoms with E-state index in [0.29, 0.717) is 16.7 Å². The van der Waals surface area contributed by atoms with E-state index < -0.39 is 52.4 Å². The number of fused-ring (bicyclic) bond motifs is 1. The minimum atomic E-state index is -4.09. The van der Waals surface area contributed by atoms with E-state index in [-0.39, 0.29) is 29.4 Å². The maximum absolute atomic E-state index is 14.1. The summed E-state index contributed by atoms with van der Waals surface area (Å²) in [7, 11) is -2.64. The molecule has 216 valence electrons. The normalized spacial score (nSPS) is 19.0. The molecule has 0 spiro atoms. The zero-order chi connectivity index (χ0) is 29.9. The van der Waals surface area contributed by atoms with Crippen molar-refractivity contribution in [1.29, 1.82) is 5.26 Å². The summed E-state index contributed by atoms with van der Waals surface area (Å²) in [5, 5.41) is 21.5. The highest BCUT2D eigenvalue weighted by atomic mass is 32.2. The quantitative estimate of drug-likeness (QED) is 0.442. The molecular formula is C29H30F2N4O5S. The molecule has 1 heterocycles. The Kier molecular flexibility index (Phi) is 8.92. The van der Waals surface area contributed by atoms with Gasteiger partial charge in [-0.15, -0.1) is 0 Å². The third-order valence-corrected chi connectivity index (χ3v) is 8.98. The minimum Gasteiger partial charge on any atom is -0.487 e. The number of aliphatic hydroxyl groups excluding tert-OH is 1. The van der Waals surface area contributed by atoms with Crippen molar-refractivity contribution in [2.75, 3.05) is 32.1 Å². The number of anilines is 1. The summed E-state index contributed by atoms with van der Waals surface area (Å²) >= 11 is 0. The van der Waals surface area contributed by atoms with Gasteiger partial charge in [-0.25, -0.2) is 22.0 Å². The third-order valence-electron chi connectivity index (χ3n) is 6.96. The molecule has 9 nitrogen and oxygen atoms in total. The molecule has 0 saturated carbocycles. The Morgan fingerprint density at radius 1 is 1.20 bits per heavy atom. The Morgan fingerprint density at radius 3 is 2.63 bits per heavy atom. The Labute approximate surface area is 237 Å². The minimum absolute atomic E-state index is 0.00584. The number of aliphatic hydroxyl groups is 1. The molecule has 0 radical (unpaired) electrons. The van der Waals surface area contributed by atoms with Crippen LogP contribution >= 0.6 is 0 Å². The Balaban J connectivity index is 1.71. The highest BCUT2D eigenvalue weighted by Crippen LogP contribution is 2.36. The van der Waals surface area contributed by atoms with Crippen LogP contribution in [0.5, 0.6) is 5.75 Å². The predicted molar refractivity (Wildman–Crippen MR) is 149 cm³/mol. The van der Waals surface area contributed by atoms with E-state index in [4.69, 9.17) is 4.74 Å². The number of sulfonamides is 1. The van der Waals surface area contributed by atoms with Gasteiger partial charge in [0.2, 0.25) is 10.0 Å². The highest BCUT2D eigenvalue weighted by molar-refractivity contribution is 7.89. The van der Waals surface area contributed by atoms with Gasteiger partial charge in [0.25, 0.3) is 0 Å². The molecule has 12 heteroatoms. The number of halogens is 2. The van der Waals surface area contributed by atoms with Crippen LogP contribution in [0.2, 0.25) is 0 Å². The van der Waals surface area contributed by atoms with Crippen LogP contribution in [0.4, 0.5) is 19.3 Å². The van der Waals surface area contributed by atoms with Crippen molar-refractivity contribution in [3.05, 3.63) is 77.9 Å². The molecule has 3 atom stereocenters. The summed E-state index contributed by atoms with van der Waals surface area (Å²) in [5.74, 6) is -1.93. The summed E-state index contributed by atoms with van der Waals surface area (Å²) in [6.45, 7) is 2.91. The zero-order valence-electron chi connectivity index (χ0n) is 22.7. The second-order valence-electron chi connectivity index (χ2n) is 10.0. The van der Waals surface area contributed by atoms with Crippen LogP contribution in [0, 0.1) is 28.9 Å². The van der Waals surface area contributed by atoms with E-state index in [0.717, 1.165) is 18.2 Å². The van der Waals surface area contributed by atoms with Gasteiger partial charge in [0.1, 0.15) is 28.4 Å². The van der Waals surface area contributed by atoms with Crippen LogP contribution in [0.3, 0.4) is 0 Å². The van der Waals surface area contributed by atoms with Crippen molar-refractivity contribution in [3.63, 3.8) is 0 Å². The average Bonchev–Trinajstić information content (AvgIpc) is 2.96. The van der Waals surface area contributed by atoms with Crippen molar-refractivity contribution in [2.45, 2.75) is 30.9 Å². The molecule has 0 aliphatic carbocycles. The van der Waals surface area contributed by atoms with Gasteiger partial charge in [-0.3, -0.25) is 0 Å². The number of carbonyl (C=O) groups excluding carboxylic acids is 1. The largest absolute Gasteiger partial charge is 0.487 e. The average molecular weight is 585 g/mol. The Hall–Kier alpha value is -4.05. The van der Waals surface area contributed by atoms with Crippen molar-refractivity contribution in [2.24, 2.45) is 5.92 Å². The molecule has 0 saturated heterocycles. The van der Waals surface area contributed by atoms with E-state index in [2.05, 4.69) is 11.4 Å². The lowest BCUT2D eigenvalue weighted by atomic mass is 10.0. The van der Waals surface area contributed by atoms with E-state index in [1.165, 1.54) is 22.3 Å². The number of carbonyl (C=O) groups is 1. The summed E-state index contributed by atoms with van der Waals surface area (Å²) in [4.78, 5) is 14.0. The molecule has 3 aromatic carbocycles. The van der Waals surface area contributed by atoms with Gasteiger partial charge in [-0.2, -0.15) is 9.57 Å². The highest BCUT2D eigenvalue weighted by Gasteiger charge is 2.38. The van der Waals surface area contributed by atoms with Gasteiger partial charge < -0.3 is 20.1 Å². The molecule has 0 bridgehead atoms. The van der Waals surface area contributed by atoms with Crippen LogP contribution in [0.25, 0.3) is 11.1 Å². The topological polar surface area (TPSA) is 123 Å². The Bertz CT molecular complexity index is 1590. The summed E-state index contributed by atoms with van der Waals surface area (Å²) in [5.41, 5.74) is 1.39. The second kappa shape index (κ2) is 12.2. The van der Waals surface area contributed by atoms with E-state index >= 15 is 0 Å². The molecule has 1 aliphatic rings. The molecule has 0 fully saturated rings. The van der Waals surface area contributed by atoms with Crippen LogP contribution < -0.4 is 10.1 Å². The number of amides is 2. The maximum atomic E-state index is 14.1. The SMILES string of the molecule is C[C@@H]1CN([C@H](C)CO)S(=O)(=O)c2ccc(-c3cccc(C#N)c3)cc2O[C@H]1CN(C)C(=O)Nc1cc(F)ccc1F. The summed E-state index contributed by atoms with van der Waals surface area (Å²) < 4.78 is 62.6. The lowest BCUT2D eigenvalue weighted by Gasteiger charge is -2.37. The number of benzene rings is 3. The van der Waals surface area contributed by atoms with Gasteiger partial charge in [0.15, 0.2) is 0 Å². The number of hydrogen-bond acceptors (Lipinski definition) is 6. The molecule has 2 N–H and O–H groups in total. The number of nitrogens with zero attached hydrogens (tertiary/aromatic N) is 3. The molecule has 4 rings (SSSR count). The van der Waals surface area contributed by atoms with Gasteiger partial charge >= 0.3 is 6.03 Å². The van der Waals surface area contributed by atoms with Crippen LogP contribution in [-0.2, 0) is 10.0 Å². The molecule has 0 aromatic heterocycles. The van der Waals surface area contributed by atoms with Gasteiger partial charge in [0, 0.05) is 31.6 Å². The first-order valence-corrected chi connectivity index (χ1v) is 14.3. The van der Waals surface area contributed by atoms with Crippen molar-refractivity contribution >= 4 is 21.7 Å². The molecule has 2 amide bonds. The summed E-state index contributed by atoms with van der Waals surface area (Å²) in [6.07, 6.45) is -0.730. The van der Waals surface area contributed by atoms with Crippen LogP contribution in [0.15, 0.2) is 65.6 Å². The monoisotopic (exact) mass is 584 g/mol. The van der Waals surface area contributed by atoms with Gasteiger partial charge in [-0.05, 0) is 54.4 Å². The number of nitriles is 1. The molecular weight excluding hydrogens is 554 g/mol. The lowest BCUT2D eigenvalue weighted by molar-refractivity contribution is 0.0830. The van der Waals surface area contributed by atoms with E-state index in [1.807, 2.05) is 0 Å². The maximum Gasteiger partial charge on any atom is 0.321 e. The number of likely N-dealkylation sites (N-methyl/N-ethyl adjacent to an activating group) is 1. The van der Waals surface area contributed by atoms with Crippen molar-refractivity contribution in [1.82, 2.24) is 9.21 Å². The number of nitrogens with one attached hydrogen (secondary N) is 1.